The van der Waals surface area contributed by atoms with Gasteiger partial charge in [-0.2, -0.15) is 0 Å². The van der Waals surface area contributed by atoms with E-state index >= 15 is 0 Å². The predicted octanol–water partition coefficient (Wildman–Crippen LogP) is 2.53. The number of hydrogen-bond acceptors (Lipinski definition) is 5. The van der Waals surface area contributed by atoms with Crippen molar-refractivity contribution in [1.82, 2.24) is 5.32 Å². The molecule has 0 spiro atoms. The van der Waals surface area contributed by atoms with E-state index in [1.807, 2.05) is 0 Å². The van der Waals surface area contributed by atoms with Gasteiger partial charge in [0.2, 0.25) is 5.91 Å². The monoisotopic (exact) mass is 356 g/mol. The highest BCUT2D eigenvalue weighted by molar-refractivity contribution is 6.09. The van der Waals surface area contributed by atoms with Crippen LogP contribution >= 0.6 is 0 Å². The Balaban J connectivity index is 2.34. The summed E-state index contributed by atoms with van der Waals surface area (Å²) in [7, 11) is 3.03. The fraction of sp³-hybridized carbons (Fsp3) is 0.158. The topological polar surface area (TPSA) is 96.9 Å². The van der Waals surface area contributed by atoms with E-state index in [1.165, 1.54) is 33.3 Å². The first-order chi connectivity index (χ1) is 12.4. The number of nitrogens with one attached hydrogen (secondary N) is 2. The van der Waals surface area contributed by atoms with Crippen LogP contribution in [-0.4, -0.2) is 31.1 Å². The first kappa shape index (κ1) is 18.9. The summed E-state index contributed by atoms with van der Waals surface area (Å²) >= 11 is 0. The maximum absolute atomic E-state index is 12.5. The molecular weight excluding hydrogens is 336 g/mol. The van der Waals surface area contributed by atoms with Gasteiger partial charge in [0.1, 0.15) is 11.4 Å². The summed E-state index contributed by atoms with van der Waals surface area (Å²) in [6.45, 7) is 1.30. The van der Waals surface area contributed by atoms with E-state index in [2.05, 4.69) is 10.6 Å². The maximum Gasteiger partial charge on any atom is 0.272 e. The lowest BCUT2D eigenvalue weighted by Crippen LogP contribution is -2.28. The molecule has 136 valence electrons. The summed E-state index contributed by atoms with van der Waals surface area (Å²) in [6, 6.07) is 11.4. The molecule has 2 amide bonds. The lowest BCUT2D eigenvalue weighted by atomic mass is 10.1. The summed E-state index contributed by atoms with van der Waals surface area (Å²) < 4.78 is 10.4. The number of methoxy groups -OCH3 is 2. The molecule has 7 heteroatoms. The van der Waals surface area contributed by atoms with Crippen molar-refractivity contribution in [2.45, 2.75) is 6.92 Å². The summed E-state index contributed by atoms with van der Waals surface area (Å²) in [5.41, 5.74) is 0.882. The van der Waals surface area contributed by atoms with E-state index in [1.54, 1.807) is 36.4 Å². The SMILES string of the molecule is COc1ccc(C=C(NC(C)=O)C(=O)Nc2ccccc2O)cc1OC. The number of benzene rings is 2. The van der Waals surface area contributed by atoms with Gasteiger partial charge in [-0.25, -0.2) is 0 Å². The zero-order valence-electron chi connectivity index (χ0n) is 14.7. The molecule has 26 heavy (non-hydrogen) atoms. The van der Waals surface area contributed by atoms with E-state index in [4.69, 9.17) is 9.47 Å². The molecule has 0 unspecified atom stereocenters. The number of para-hydroxylation sites is 2. The minimum atomic E-state index is -0.573. The minimum absolute atomic E-state index is 0.0213. The lowest BCUT2D eigenvalue weighted by Gasteiger charge is -2.12. The number of amides is 2. The smallest absolute Gasteiger partial charge is 0.272 e. The highest BCUT2D eigenvalue weighted by Crippen LogP contribution is 2.28. The van der Waals surface area contributed by atoms with Crippen molar-refractivity contribution < 1.29 is 24.2 Å². The van der Waals surface area contributed by atoms with E-state index in [9.17, 15) is 14.7 Å². The van der Waals surface area contributed by atoms with Crippen LogP contribution in [0, 0.1) is 0 Å². The molecule has 0 heterocycles. The van der Waals surface area contributed by atoms with Crippen molar-refractivity contribution in [1.29, 1.82) is 0 Å². The van der Waals surface area contributed by atoms with Crippen LogP contribution in [0.4, 0.5) is 5.69 Å². The van der Waals surface area contributed by atoms with Crippen LogP contribution < -0.4 is 20.1 Å². The van der Waals surface area contributed by atoms with Crippen LogP contribution in [0.1, 0.15) is 12.5 Å². The molecule has 2 rings (SSSR count). The second-order valence-electron chi connectivity index (χ2n) is 5.32. The Labute approximate surface area is 151 Å². The van der Waals surface area contributed by atoms with Gasteiger partial charge in [-0.05, 0) is 35.9 Å². The Kier molecular flexibility index (Phi) is 6.21. The number of phenolic OH excluding ortho intramolecular Hbond substituents is 1. The molecule has 0 radical (unpaired) electrons. The molecule has 0 aliphatic rings. The average Bonchev–Trinajstić information content (AvgIpc) is 2.62. The van der Waals surface area contributed by atoms with Crippen LogP contribution in [-0.2, 0) is 9.59 Å². The number of carbonyl (C=O) groups is 2. The van der Waals surface area contributed by atoms with Crippen LogP contribution in [0.2, 0.25) is 0 Å². The Morgan fingerprint density at radius 3 is 2.35 bits per heavy atom. The first-order valence-corrected chi connectivity index (χ1v) is 7.75. The highest BCUT2D eigenvalue weighted by atomic mass is 16.5. The normalized spacial score (nSPS) is 10.8. The first-order valence-electron chi connectivity index (χ1n) is 7.75. The van der Waals surface area contributed by atoms with Crippen molar-refractivity contribution in [2.24, 2.45) is 0 Å². The summed E-state index contributed by atoms with van der Waals surface area (Å²) in [6.07, 6.45) is 1.50. The molecule has 0 saturated carbocycles. The van der Waals surface area contributed by atoms with Gasteiger partial charge in [0.15, 0.2) is 11.5 Å². The zero-order valence-corrected chi connectivity index (χ0v) is 14.7. The number of aromatic hydroxyl groups is 1. The fourth-order valence-electron chi connectivity index (χ4n) is 2.23. The molecule has 0 aliphatic heterocycles. The molecular formula is C19H20N2O5. The predicted molar refractivity (Wildman–Crippen MR) is 98.1 cm³/mol. The molecule has 2 aromatic rings. The lowest BCUT2D eigenvalue weighted by molar-refractivity contribution is -0.120. The van der Waals surface area contributed by atoms with Crippen molar-refractivity contribution in [3.05, 3.63) is 53.7 Å². The van der Waals surface area contributed by atoms with Crippen molar-refractivity contribution in [3.8, 4) is 17.2 Å². The van der Waals surface area contributed by atoms with Gasteiger partial charge in [0, 0.05) is 6.92 Å². The molecule has 0 aromatic heterocycles. The van der Waals surface area contributed by atoms with Crippen LogP contribution in [0.25, 0.3) is 6.08 Å². The molecule has 0 aliphatic carbocycles. The second-order valence-corrected chi connectivity index (χ2v) is 5.32. The van der Waals surface area contributed by atoms with E-state index in [0.717, 1.165) is 0 Å². The molecule has 2 aromatic carbocycles. The quantitative estimate of drug-likeness (QED) is 0.546. The molecule has 0 atom stereocenters. The molecule has 0 bridgehead atoms. The Morgan fingerprint density at radius 1 is 1.04 bits per heavy atom. The third-order valence-corrected chi connectivity index (χ3v) is 3.43. The Hall–Kier alpha value is -3.48. The number of hydrogen-bond donors (Lipinski definition) is 3. The second kappa shape index (κ2) is 8.57. The van der Waals surface area contributed by atoms with Gasteiger partial charge in [-0.3, -0.25) is 9.59 Å². The van der Waals surface area contributed by atoms with Gasteiger partial charge in [0.25, 0.3) is 5.91 Å². The third-order valence-electron chi connectivity index (χ3n) is 3.43. The van der Waals surface area contributed by atoms with Crippen LogP contribution in [0.5, 0.6) is 17.2 Å². The number of ether oxygens (including phenoxy) is 2. The van der Waals surface area contributed by atoms with Crippen molar-refractivity contribution >= 4 is 23.6 Å². The Bertz CT molecular complexity index is 846. The van der Waals surface area contributed by atoms with Gasteiger partial charge < -0.3 is 25.2 Å². The number of anilines is 1. The summed E-state index contributed by atoms with van der Waals surface area (Å²) in [5, 5.41) is 14.8. The summed E-state index contributed by atoms with van der Waals surface area (Å²) in [5.74, 6) is -0.0105. The van der Waals surface area contributed by atoms with Crippen molar-refractivity contribution in [2.75, 3.05) is 19.5 Å². The van der Waals surface area contributed by atoms with E-state index in [0.29, 0.717) is 17.1 Å². The highest BCUT2D eigenvalue weighted by Gasteiger charge is 2.14. The molecule has 0 saturated heterocycles. The largest absolute Gasteiger partial charge is 0.506 e. The number of carbonyl (C=O) groups excluding carboxylic acids is 2. The van der Waals surface area contributed by atoms with Gasteiger partial charge in [0.05, 0.1) is 19.9 Å². The standard InChI is InChI=1S/C19H20N2O5/c1-12(22)20-15(19(24)21-14-6-4-5-7-16(14)23)10-13-8-9-17(25-2)18(11-13)26-3/h4-11,23H,1-3H3,(H,20,22)(H,21,24). The Morgan fingerprint density at radius 2 is 1.73 bits per heavy atom. The minimum Gasteiger partial charge on any atom is -0.506 e. The number of phenols is 1. The van der Waals surface area contributed by atoms with Gasteiger partial charge in [-0.15, -0.1) is 0 Å². The average molecular weight is 356 g/mol. The molecule has 7 nitrogen and oxygen atoms in total. The van der Waals surface area contributed by atoms with Gasteiger partial charge >= 0.3 is 0 Å². The zero-order chi connectivity index (χ0) is 19.1. The molecule has 3 N–H and O–H groups in total. The maximum atomic E-state index is 12.5. The molecule has 0 fully saturated rings. The summed E-state index contributed by atoms with van der Waals surface area (Å²) in [4.78, 5) is 24.0. The third kappa shape index (κ3) is 4.76. The van der Waals surface area contributed by atoms with E-state index < -0.39 is 11.8 Å². The van der Waals surface area contributed by atoms with Crippen molar-refractivity contribution in [3.63, 3.8) is 0 Å². The van der Waals surface area contributed by atoms with Crippen LogP contribution in [0.3, 0.4) is 0 Å². The van der Waals surface area contributed by atoms with Crippen LogP contribution in [0.15, 0.2) is 48.2 Å². The van der Waals surface area contributed by atoms with E-state index in [-0.39, 0.29) is 17.1 Å². The van der Waals surface area contributed by atoms with Gasteiger partial charge in [-0.1, -0.05) is 18.2 Å². The number of rotatable bonds is 6. The fourth-order valence-corrected chi connectivity index (χ4v) is 2.23.